The van der Waals surface area contributed by atoms with Gasteiger partial charge in [-0.2, -0.15) is 4.98 Å². The maximum atomic E-state index is 6.01. The molecule has 1 aromatic carbocycles. The van der Waals surface area contributed by atoms with E-state index in [4.69, 9.17) is 14.9 Å². The smallest absolute Gasteiger partial charge is 0.281 e. The number of hydrogen-bond donors (Lipinski definition) is 1. The second-order valence-electron chi connectivity index (χ2n) is 6.60. The van der Waals surface area contributed by atoms with Gasteiger partial charge >= 0.3 is 0 Å². The maximum Gasteiger partial charge on any atom is 0.281 e. The molecular formula is C19H19ClN4O2S. The standard InChI is InChI=1S/C19H18N4O2S.ClH/c20-13-5-7-23(10-13)11-15-8-12-3-4-14(9-16(12)24-15)25-19-22-18-17(26-19)2-1-6-21-18;/h1-4,6,8-9,13H,5,7,10-11,20H2;1H. The largest absolute Gasteiger partial charge is 0.460 e. The molecule has 3 aromatic heterocycles. The van der Waals surface area contributed by atoms with Crippen LogP contribution >= 0.6 is 23.7 Å². The number of nitrogens with zero attached hydrogens (tertiary/aromatic N) is 3. The number of hydrogen-bond acceptors (Lipinski definition) is 7. The van der Waals surface area contributed by atoms with E-state index < -0.39 is 0 Å². The van der Waals surface area contributed by atoms with Crippen LogP contribution in [0.5, 0.6) is 10.9 Å². The van der Waals surface area contributed by atoms with Gasteiger partial charge < -0.3 is 14.9 Å². The van der Waals surface area contributed by atoms with Gasteiger partial charge in [0.2, 0.25) is 0 Å². The highest BCUT2D eigenvalue weighted by Crippen LogP contribution is 2.32. The quantitative estimate of drug-likeness (QED) is 0.551. The van der Waals surface area contributed by atoms with Gasteiger partial charge in [-0.05, 0) is 36.8 Å². The van der Waals surface area contributed by atoms with Crippen molar-refractivity contribution in [2.75, 3.05) is 13.1 Å². The van der Waals surface area contributed by atoms with E-state index in [0.29, 0.717) is 16.6 Å². The molecule has 1 unspecified atom stereocenters. The van der Waals surface area contributed by atoms with Crippen LogP contribution in [-0.2, 0) is 6.54 Å². The summed E-state index contributed by atoms with van der Waals surface area (Å²) >= 11 is 1.48. The third-order valence-corrected chi connectivity index (χ3v) is 5.47. The van der Waals surface area contributed by atoms with Crippen molar-refractivity contribution in [1.29, 1.82) is 0 Å². The van der Waals surface area contributed by atoms with E-state index in [1.54, 1.807) is 6.20 Å². The van der Waals surface area contributed by atoms with Crippen molar-refractivity contribution >= 4 is 45.1 Å². The number of benzene rings is 1. The summed E-state index contributed by atoms with van der Waals surface area (Å²) in [5, 5.41) is 1.65. The fourth-order valence-corrected chi connectivity index (χ4v) is 4.12. The molecule has 1 aliphatic rings. The van der Waals surface area contributed by atoms with Crippen molar-refractivity contribution in [3.63, 3.8) is 0 Å². The molecule has 4 heterocycles. The molecule has 4 aromatic rings. The van der Waals surface area contributed by atoms with Crippen LogP contribution in [0.4, 0.5) is 0 Å². The zero-order valence-electron chi connectivity index (χ0n) is 14.5. The van der Waals surface area contributed by atoms with Crippen molar-refractivity contribution in [3.8, 4) is 10.9 Å². The molecule has 1 atom stereocenters. The Hall–Kier alpha value is -2.19. The Morgan fingerprint density at radius 3 is 3.04 bits per heavy atom. The van der Waals surface area contributed by atoms with Gasteiger partial charge in [0.25, 0.3) is 5.19 Å². The van der Waals surface area contributed by atoms with E-state index in [2.05, 4.69) is 20.9 Å². The lowest BCUT2D eigenvalue weighted by atomic mass is 10.2. The number of furan rings is 1. The molecule has 0 bridgehead atoms. The first kappa shape index (κ1) is 18.2. The van der Waals surface area contributed by atoms with E-state index in [1.165, 1.54) is 11.3 Å². The first-order chi connectivity index (χ1) is 12.7. The minimum absolute atomic E-state index is 0. The molecule has 27 heavy (non-hydrogen) atoms. The van der Waals surface area contributed by atoms with Gasteiger partial charge in [-0.15, -0.1) is 12.4 Å². The lowest BCUT2D eigenvalue weighted by molar-refractivity contribution is 0.298. The first-order valence-corrected chi connectivity index (χ1v) is 9.44. The van der Waals surface area contributed by atoms with E-state index in [-0.39, 0.29) is 18.4 Å². The summed E-state index contributed by atoms with van der Waals surface area (Å²) in [6.07, 6.45) is 2.78. The maximum absolute atomic E-state index is 6.01. The molecule has 2 N–H and O–H groups in total. The van der Waals surface area contributed by atoms with Gasteiger partial charge in [0.15, 0.2) is 5.65 Å². The van der Waals surface area contributed by atoms with Crippen LogP contribution in [0.2, 0.25) is 0 Å². The minimum atomic E-state index is 0. The summed E-state index contributed by atoms with van der Waals surface area (Å²) in [6, 6.07) is 12.1. The number of likely N-dealkylation sites (tertiary alicyclic amines) is 1. The second-order valence-corrected chi connectivity index (χ2v) is 7.60. The molecule has 0 radical (unpaired) electrons. The van der Waals surface area contributed by atoms with Crippen molar-refractivity contribution < 1.29 is 9.15 Å². The molecule has 1 aliphatic heterocycles. The zero-order valence-corrected chi connectivity index (χ0v) is 16.1. The number of aromatic nitrogens is 2. The molecule has 1 fully saturated rings. The third-order valence-electron chi connectivity index (χ3n) is 4.58. The molecule has 0 spiro atoms. The van der Waals surface area contributed by atoms with Crippen molar-refractivity contribution in [2.45, 2.75) is 19.0 Å². The molecule has 140 valence electrons. The zero-order chi connectivity index (χ0) is 17.5. The van der Waals surface area contributed by atoms with Gasteiger partial charge in [-0.25, -0.2) is 4.98 Å². The monoisotopic (exact) mass is 402 g/mol. The van der Waals surface area contributed by atoms with Crippen molar-refractivity contribution in [1.82, 2.24) is 14.9 Å². The number of nitrogens with two attached hydrogens (primary N) is 1. The van der Waals surface area contributed by atoms with Crippen LogP contribution in [0.15, 0.2) is 47.0 Å². The Morgan fingerprint density at radius 1 is 1.30 bits per heavy atom. The number of fused-ring (bicyclic) bond motifs is 2. The molecule has 5 rings (SSSR count). The predicted octanol–water partition coefficient (Wildman–Crippen LogP) is 4.18. The lowest BCUT2D eigenvalue weighted by Gasteiger charge is -2.12. The summed E-state index contributed by atoms with van der Waals surface area (Å²) < 4.78 is 12.9. The third kappa shape index (κ3) is 3.77. The summed E-state index contributed by atoms with van der Waals surface area (Å²) in [4.78, 5) is 11.0. The van der Waals surface area contributed by atoms with Crippen LogP contribution < -0.4 is 10.5 Å². The summed E-state index contributed by atoms with van der Waals surface area (Å²) in [5.74, 6) is 1.66. The van der Waals surface area contributed by atoms with Crippen LogP contribution in [0.25, 0.3) is 21.3 Å². The number of thiazole rings is 1. The number of ether oxygens (including phenoxy) is 1. The SMILES string of the molecule is Cl.NC1CCN(Cc2cc3ccc(Oc4nc5ncccc5s4)cc3o2)C1. The topological polar surface area (TPSA) is 77.4 Å². The average Bonchev–Trinajstić information content (AvgIpc) is 3.32. The van der Waals surface area contributed by atoms with Gasteiger partial charge in [0.1, 0.15) is 17.1 Å². The van der Waals surface area contributed by atoms with Gasteiger partial charge in [0, 0.05) is 36.8 Å². The van der Waals surface area contributed by atoms with Crippen LogP contribution in [0, 0.1) is 0 Å². The molecule has 6 nitrogen and oxygen atoms in total. The highest BCUT2D eigenvalue weighted by molar-refractivity contribution is 7.20. The average molecular weight is 403 g/mol. The Balaban J connectivity index is 0.00000180. The summed E-state index contributed by atoms with van der Waals surface area (Å²) in [5.41, 5.74) is 7.50. The molecule has 8 heteroatoms. The minimum Gasteiger partial charge on any atom is -0.460 e. The lowest BCUT2D eigenvalue weighted by Crippen LogP contribution is -2.26. The van der Waals surface area contributed by atoms with Gasteiger partial charge in [-0.3, -0.25) is 4.90 Å². The Bertz CT molecular complexity index is 1050. The molecule has 0 aliphatic carbocycles. The summed E-state index contributed by atoms with van der Waals surface area (Å²) in [6.45, 7) is 2.75. The Labute approximate surface area is 166 Å². The van der Waals surface area contributed by atoms with Crippen molar-refractivity contribution in [3.05, 3.63) is 48.4 Å². The first-order valence-electron chi connectivity index (χ1n) is 8.63. The second kappa shape index (κ2) is 7.44. The van der Waals surface area contributed by atoms with E-state index >= 15 is 0 Å². The van der Waals surface area contributed by atoms with Crippen LogP contribution in [-0.4, -0.2) is 34.0 Å². The Morgan fingerprint density at radius 2 is 2.22 bits per heavy atom. The van der Waals surface area contributed by atoms with E-state index in [9.17, 15) is 0 Å². The number of pyridine rings is 1. The highest BCUT2D eigenvalue weighted by Gasteiger charge is 2.20. The fraction of sp³-hybridized carbons (Fsp3) is 0.263. The predicted molar refractivity (Wildman–Crippen MR) is 109 cm³/mol. The van der Waals surface area contributed by atoms with Gasteiger partial charge in [0.05, 0.1) is 11.2 Å². The summed E-state index contributed by atoms with van der Waals surface area (Å²) in [7, 11) is 0. The highest BCUT2D eigenvalue weighted by atomic mass is 35.5. The van der Waals surface area contributed by atoms with Crippen LogP contribution in [0.3, 0.4) is 0 Å². The number of halogens is 1. The number of rotatable bonds is 4. The van der Waals surface area contributed by atoms with E-state index in [0.717, 1.165) is 47.5 Å². The van der Waals surface area contributed by atoms with Crippen molar-refractivity contribution in [2.24, 2.45) is 5.73 Å². The molecule has 1 saturated heterocycles. The fourth-order valence-electron chi connectivity index (χ4n) is 3.33. The molecular weight excluding hydrogens is 384 g/mol. The van der Waals surface area contributed by atoms with E-state index in [1.807, 2.05) is 30.3 Å². The van der Waals surface area contributed by atoms with Crippen LogP contribution in [0.1, 0.15) is 12.2 Å². The molecule has 0 saturated carbocycles. The normalized spacial score (nSPS) is 17.4. The Kier molecular flexibility index (Phi) is 5.01. The van der Waals surface area contributed by atoms with Gasteiger partial charge in [-0.1, -0.05) is 11.3 Å². The molecule has 0 amide bonds.